The molecule has 0 radical (unpaired) electrons. The highest BCUT2D eigenvalue weighted by atomic mass is 16.7. The first-order valence-electron chi connectivity index (χ1n) is 4.03. The maximum absolute atomic E-state index is 10.8. The van der Waals surface area contributed by atoms with E-state index in [1.165, 1.54) is 6.92 Å². The van der Waals surface area contributed by atoms with E-state index in [0.717, 1.165) is 0 Å². The molecule has 0 saturated heterocycles. The molecule has 0 saturated carbocycles. The highest BCUT2D eigenvalue weighted by Crippen LogP contribution is 2.17. The summed E-state index contributed by atoms with van der Waals surface area (Å²) in [6, 6.07) is 0. The number of hydrogen-bond acceptors (Lipinski definition) is 5. The summed E-state index contributed by atoms with van der Waals surface area (Å²) in [5.74, 6) is -0.560. The summed E-state index contributed by atoms with van der Waals surface area (Å²) < 4.78 is 9.19. The Kier molecular flexibility index (Phi) is 4.94. The molecule has 0 heterocycles. The van der Waals surface area contributed by atoms with E-state index in [1.54, 1.807) is 11.8 Å². The van der Waals surface area contributed by atoms with Crippen molar-refractivity contribution in [2.45, 2.75) is 19.1 Å². The fraction of sp³-hybridized carbons (Fsp3) is 0.400. The normalized spacial score (nSPS) is 9.60. The minimum absolute atomic E-state index is 0.0321. The number of ether oxygens (including phenoxy) is 2. The number of rotatable bonds is 4. The van der Waals surface area contributed by atoms with Gasteiger partial charge >= 0.3 is 11.9 Å². The van der Waals surface area contributed by atoms with Crippen molar-refractivity contribution in [3.05, 3.63) is 0 Å². The van der Waals surface area contributed by atoms with Crippen LogP contribution in [0.25, 0.3) is 0 Å². The highest BCUT2D eigenvalue weighted by molar-refractivity contribution is 5.89. The van der Waals surface area contributed by atoms with Crippen LogP contribution in [0.1, 0.15) is 13.3 Å². The summed E-state index contributed by atoms with van der Waals surface area (Å²) in [6.07, 6.45) is 9.56. The van der Waals surface area contributed by atoms with Gasteiger partial charge in [0, 0.05) is 18.3 Å². The van der Waals surface area contributed by atoms with Crippen molar-refractivity contribution in [1.82, 2.24) is 0 Å². The molecular formula is C10H10O5. The number of carbonyl (C=O) groups is 2. The molecule has 0 aliphatic heterocycles. The molecule has 0 amide bonds. The molecule has 0 aliphatic carbocycles. The van der Waals surface area contributed by atoms with Crippen LogP contribution in [0, 0.1) is 24.7 Å². The minimum Gasteiger partial charge on any atom is -0.410 e. The number of esters is 2. The largest absolute Gasteiger partial charge is 0.410 e. The van der Waals surface area contributed by atoms with Gasteiger partial charge in [-0.1, -0.05) is 6.92 Å². The van der Waals surface area contributed by atoms with Crippen LogP contribution in [0.5, 0.6) is 0 Å². The Balaban J connectivity index is 4.75. The molecule has 0 bridgehead atoms. The second-order valence-electron chi connectivity index (χ2n) is 2.49. The number of aliphatic hydroxyl groups excluding tert-OH is 1. The van der Waals surface area contributed by atoms with Gasteiger partial charge in [-0.2, -0.15) is 0 Å². The third-order valence-electron chi connectivity index (χ3n) is 1.57. The second kappa shape index (κ2) is 5.69. The monoisotopic (exact) mass is 210 g/mol. The van der Waals surface area contributed by atoms with Crippen molar-refractivity contribution in [2.24, 2.45) is 0 Å². The predicted molar refractivity (Wildman–Crippen MR) is 50.0 cm³/mol. The molecule has 0 fully saturated rings. The lowest BCUT2D eigenvalue weighted by Gasteiger charge is -2.27. The Morgan fingerprint density at radius 2 is 1.67 bits per heavy atom. The van der Waals surface area contributed by atoms with E-state index in [9.17, 15) is 9.59 Å². The van der Waals surface area contributed by atoms with Crippen molar-refractivity contribution >= 4 is 11.9 Å². The molecule has 0 spiro atoms. The second-order valence-corrected chi connectivity index (χ2v) is 2.49. The van der Waals surface area contributed by atoms with E-state index in [2.05, 4.69) is 9.47 Å². The van der Waals surface area contributed by atoms with E-state index >= 15 is 0 Å². The van der Waals surface area contributed by atoms with Crippen LogP contribution in [0.3, 0.4) is 0 Å². The SMILES string of the molecule is C#CC(=O)OC(CC)(CO)OC(=O)C#C. The van der Waals surface area contributed by atoms with Crippen molar-refractivity contribution in [3.63, 3.8) is 0 Å². The summed E-state index contributed by atoms with van der Waals surface area (Å²) in [4.78, 5) is 21.6. The van der Waals surface area contributed by atoms with Crippen LogP contribution in [0.4, 0.5) is 0 Å². The molecular weight excluding hydrogens is 200 g/mol. The van der Waals surface area contributed by atoms with Crippen molar-refractivity contribution < 1.29 is 24.2 Å². The van der Waals surface area contributed by atoms with Gasteiger partial charge in [0.2, 0.25) is 0 Å². The lowest BCUT2D eigenvalue weighted by Crippen LogP contribution is -2.42. The minimum atomic E-state index is -1.80. The molecule has 1 N–H and O–H groups in total. The molecule has 0 unspecified atom stereocenters. The van der Waals surface area contributed by atoms with Gasteiger partial charge in [-0.25, -0.2) is 9.59 Å². The van der Waals surface area contributed by atoms with Crippen molar-refractivity contribution in [3.8, 4) is 24.7 Å². The van der Waals surface area contributed by atoms with Gasteiger partial charge in [-0.15, -0.1) is 12.8 Å². The Hall–Kier alpha value is -1.98. The molecule has 0 aliphatic rings. The zero-order valence-corrected chi connectivity index (χ0v) is 8.15. The Morgan fingerprint density at radius 1 is 1.27 bits per heavy atom. The zero-order chi connectivity index (χ0) is 11.9. The van der Waals surface area contributed by atoms with Crippen molar-refractivity contribution in [1.29, 1.82) is 0 Å². The highest BCUT2D eigenvalue weighted by Gasteiger charge is 2.35. The van der Waals surface area contributed by atoms with E-state index in [-0.39, 0.29) is 6.42 Å². The van der Waals surface area contributed by atoms with Crippen LogP contribution in [-0.2, 0) is 19.1 Å². The molecule has 0 aromatic rings. The maximum Gasteiger partial charge on any atom is 0.387 e. The number of hydrogen-bond donors (Lipinski definition) is 1. The summed E-state index contributed by atoms with van der Waals surface area (Å²) >= 11 is 0. The third-order valence-corrected chi connectivity index (χ3v) is 1.57. The average molecular weight is 210 g/mol. The third kappa shape index (κ3) is 3.72. The van der Waals surface area contributed by atoms with Crippen molar-refractivity contribution in [2.75, 3.05) is 6.61 Å². The molecule has 5 nitrogen and oxygen atoms in total. The zero-order valence-electron chi connectivity index (χ0n) is 8.15. The molecule has 0 atom stereocenters. The van der Waals surface area contributed by atoms with Gasteiger partial charge in [-0.05, 0) is 0 Å². The first-order chi connectivity index (χ1) is 7.03. The van der Waals surface area contributed by atoms with Gasteiger partial charge in [-0.3, -0.25) is 0 Å². The van der Waals surface area contributed by atoms with Crippen LogP contribution in [-0.4, -0.2) is 29.4 Å². The number of carbonyl (C=O) groups excluding carboxylic acids is 2. The Labute approximate surface area is 87.4 Å². The lowest BCUT2D eigenvalue weighted by molar-refractivity contribution is -0.234. The Bertz CT molecular complexity index is 297. The lowest BCUT2D eigenvalue weighted by atomic mass is 10.2. The molecule has 0 rings (SSSR count). The van der Waals surface area contributed by atoms with Gasteiger partial charge in [0.1, 0.15) is 6.61 Å². The van der Waals surface area contributed by atoms with E-state index in [1.807, 2.05) is 0 Å². The fourth-order valence-electron chi connectivity index (χ4n) is 0.738. The molecule has 0 aromatic carbocycles. The molecule has 80 valence electrons. The Morgan fingerprint density at radius 3 is 1.87 bits per heavy atom. The van der Waals surface area contributed by atoms with E-state index in [0.29, 0.717) is 0 Å². The quantitative estimate of drug-likeness (QED) is 0.291. The van der Waals surface area contributed by atoms with Crippen LogP contribution < -0.4 is 0 Å². The van der Waals surface area contributed by atoms with Gasteiger partial charge in [0.25, 0.3) is 5.79 Å². The van der Waals surface area contributed by atoms with E-state index < -0.39 is 24.3 Å². The smallest absolute Gasteiger partial charge is 0.387 e. The summed E-state index contributed by atoms with van der Waals surface area (Å²) in [6.45, 7) is 0.814. The number of terminal acetylenes is 2. The van der Waals surface area contributed by atoms with Crippen LogP contribution in [0.15, 0.2) is 0 Å². The van der Waals surface area contributed by atoms with Gasteiger partial charge in [0.15, 0.2) is 0 Å². The standard InChI is InChI=1S/C10H10O5/c1-4-8(12)14-10(6-3,7-11)15-9(13)5-2/h1-2,11H,6-7H2,3H3. The topological polar surface area (TPSA) is 72.8 Å². The average Bonchev–Trinajstić information content (AvgIpc) is 2.27. The van der Waals surface area contributed by atoms with Crippen LogP contribution >= 0.6 is 0 Å². The summed E-state index contributed by atoms with van der Waals surface area (Å²) in [7, 11) is 0. The molecule has 0 aromatic heterocycles. The summed E-state index contributed by atoms with van der Waals surface area (Å²) in [5, 5.41) is 8.97. The fourth-order valence-corrected chi connectivity index (χ4v) is 0.738. The van der Waals surface area contributed by atoms with Gasteiger partial charge in [0.05, 0.1) is 0 Å². The number of aliphatic hydroxyl groups is 1. The first kappa shape index (κ1) is 13.0. The summed E-state index contributed by atoms with van der Waals surface area (Å²) in [5.41, 5.74) is 0. The predicted octanol–water partition coefficient (Wildman–Crippen LogP) is -0.562. The molecule has 5 heteroatoms. The maximum atomic E-state index is 10.8. The molecule has 15 heavy (non-hydrogen) atoms. The van der Waals surface area contributed by atoms with Crippen LogP contribution in [0.2, 0.25) is 0 Å². The van der Waals surface area contributed by atoms with E-state index in [4.69, 9.17) is 18.0 Å². The first-order valence-corrected chi connectivity index (χ1v) is 4.03. The van der Waals surface area contributed by atoms with Gasteiger partial charge < -0.3 is 14.6 Å².